The lowest BCUT2D eigenvalue weighted by atomic mass is 9.95. The molecule has 0 bridgehead atoms. The van der Waals surface area contributed by atoms with Crippen molar-refractivity contribution in [2.45, 2.75) is 0 Å². The van der Waals surface area contributed by atoms with E-state index in [-0.39, 0.29) is 0 Å². The molecule has 0 aliphatic rings. The third-order valence-corrected chi connectivity index (χ3v) is 3.96. The zero-order valence-electron chi connectivity index (χ0n) is 11.7. The molecular formula is C19H13NO2. The number of aromatic nitrogens is 1. The number of carboxylic acids is 1. The first kappa shape index (κ1) is 12.7. The third-order valence-electron chi connectivity index (χ3n) is 3.96. The summed E-state index contributed by atoms with van der Waals surface area (Å²) in [6.45, 7) is 0. The minimum atomic E-state index is -0.909. The fourth-order valence-corrected chi connectivity index (χ4v) is 3.07. The highest BCUT2D eigenvalue weighted by atomic mass is 16.4. The van der Waals surface area contributed by atoms with Crippen LogP contribution < -0.4 is 0 Å². The summed E-state index contributed by atoms with van der Waals surface area (Å²) in [5, 5.41) is 10.7. The molecule has 2 aromatic heterocycles. The van der Waals surface area contributed by atoms with Gasteiger partial charge >= 0.3 is 5.97 Å². The Morgan fingerprint density at radius 1 is 0.818 bits per heavy atom. The fourth-order valence-electron chi connectivity index (χ4n) is 3.07. The molecule has 4 rings (SSSR count). The van der Waals surface area contributed by atoms with E-state index in [0.29, 0.717) is 11.1 Å². The number of hydrogen-bond acceptors (Lipinski definition) is 1. The SMILES string of the molecule is O=C(O)c1c(-c2ccccc2)c2ccccc2n2cccc12. The van der Waals surface area contributed by atoms with E-state index in [2.05, 4.69) is 0 Å². The lowest BCUT2D eigenvalue weighted by Crippen LogP contribution is -2.04. The number of carboxylic acid groups (broad SMARTS) is 1. The first-order chi connectivity index (χ1) is 10.8. The van der Waals surface area contributed by atoms with Gasteiger partial charge in [-0.25, -0.2) is 4.79 Å². The predicted molar refractivity (Wildman–Crippen MR) is 87.3 cm³/mol. The molecule has 0 atom stereocenters. The smallest absolute Gasteiger partial charge is 0.338 e. The molecule has 106 valence electrons. The van der Waals surface area contributed by atoms with E-state index >= 15 is 0 Å². The summed E-state index contributed by atoms with van der Waals surface area (Å²) < 4.78 is 1.94. The average Bonchev–Trinajstić information content (AvgIpc) is 3.03. The molecule has 2 heterocycles. The minimum Gasteiger partial charge on any atom is -0.478 e. The van der Waals surface area contributed by atoms with Gasteiger partial charge in [-0.05, 0) is 23.8 Å². The topological polar surface area (TPSA) is 41.7 Å². The molecule has 0 spiro atoms. The van der Waals surface area contributed by atoms with Crippen LogP contribution in [0.5, 0.6) is 0 Å². The van der Waals surface area contributed by atoms with E-state index in [1.54, 1.807) is 0 Å². The Morgan fingerprint density at radius 2 is 1.50 bits per heavy atom. The Labute approximate surface area is 127 Å². The van der Waals surface area contributed by atoms with E-state index in [1.165, 1.54) is 0 Å². The van der Waals surface area contributed by atoms with Crippen molar-refractivity contribution in [3.05, 3.63) is 78.5 Å². The van der Waals surface area contributed by atoms with Gasteiger partial charge in [0.05, 0.1) is 16.6 Å². The molecule has 0 unspecified atom stereocenters. The van der Waals surface area contributed by atoms with Crippen LogP contribution in [0, 0.1) is 0 Å². The summed E-state index contributed by atoms with van der Waals surface area (Å²) in [6, 6.07) is 21.3. The molecule has 0 saturated heterocycles. The fraction of sp³-hybridized carbons (Fsp3) is 0. The van der Waals surface area contributed by atoms with Crippen molar-refractivity contribution in [2.24, 2.45) is 0 Å². The molecule has 1 N–H and O–H groups in total. The molecule has 3 nitrogen and oxygen atoms in total. The van der Waals surface area contributed by atoms with E-state index in [9.17, 15) is 9.90 Å². The first-order valence-corrected chi connectivity index (χ1v) is 7.08. The summed E-state index contributed by atoms with van der Waals surface area (Å²) in [4.78, 5) is 11.9. The van der Waals surface area contributed by atoms with Gasteiger partial charge in [-0.2, -0.15) is 0 Å². The highest BCUT2D eigenvalue weighted by Crippen LogP contribution is 2.35. The van der Waals surface area contributed by atoms with Crippen LogP contribution in [0.15, 0.2) is 72.9 Å². The van der Waals surface area contributed by atoms with Gasteiger partial charge in [0, 0.05) is 17.1 Å². The number of para-hydroxylation sites is 1. The maximum absolute atomic E-state index is 11.9. The molecule has 22 heavy (non-hydrogen) atoms. The average molecular weight is 287 g/mol. The molecule has 0 radical (unpaired) electrons. The Morgan fingerprint density at radius 3 is 2.27 bits per heavy atom. The van der Waals surface area contributed by atoms with Crippen LogP contribution in [0.2, 0.25) is 0 Å². The second kappa shape index (κ2) is 4.74. The Kier molecular flexibility index (Phi) is 2.73. The molecule has 0 aliphatic heterocycles. The van der Waals surface area contributed by atoms with Gasteiger partial charge in [-0.1, -0.05) is 48.5 Å². The van der Waals surface area contributed by atoms with E-state index in [4.69, 9.17) is 0 Å². The van der Waals surface area contributed by atoms with E-state index in [1.807, 2.05) is 77.3 Å². The van der Waals surface area contributed by atoms with E-state index in [0.717, 1.165) is 22.0 Å². The summed E-state index contributed by atoms with van der Waals surface area (Å²) >= 11 is 0. The van der Waals surface area contributed by atoms with Crippen molar-refractivity contribution < 1.29 is 9.90 Å². The van der Waals surface area contributed by atoms with Crippen LogP contribution in [0.3, 0.4) is 0 Å². The first-order valence-electron chi connectivity index (χ1n) is 7.08. The zero-order chi connectivity index (χ0) is 15.1. The quantitative estimate of drug-likeness (QED) is 0.591. The molecule has 0 saturated carbocycles. The van der Waals surface area contributed by atoms with Crippen molar-refractivity contribution in [1.82, 2.24) is 4.40 Å². The van der Waals surface area contributed by atoms with Crippen LogP contribution in [0.25, 0.3) is 27.5 Å². The van der Waals surface area contributed by atoms with Gasteiger partial charge in [0.15, 0.2) is 0 Å². The second-order valence-electron chi connectivity index (χ2n) is 5.20. The van der Waals surface area contributed by atoms with Crippen LogP contribution in [0.1, 0.15) is 10.4 Å². The summed E-state index contributed by atoms with van der Waals surface area (Å²) in [6.07, 6.45) is 1.90. The number of hydrogen-bond donors (Lipinski definition) is 1. The Bertz CT molecular complexity index is 1000. The highest BCUT2D eigenvalue weighted by molar-refractivity contribution is 6.12. The number of nitrogens with zero attached hydrogens (tertiary/aromatic N) is 1. The van der Waals surface area contributed by atoms with Crippen LogP contribution in [-0.2, 0) is 0 Å². The molecular weight excluding hydrogens is 274 g/mol. The van der Waals surface area contributed by atoms with Gasteiger partial charge in [0.1, 0.15) is 0 Å². The molecule has 0 aliphatic carbocycles. The highest BCUT2D eigenvalue weighted by Gasteiger charge is 2.20. The number of pyridine rings is 1. The standard InChI is InChI=1S/C19H13NO2/c21-19(22)18-16-11-6-12-20(16)15-10-5-4-9-14(15)17(18)13-7-2-1-3-8-13/h1-12H,(H,21,22). The van der Waals surface area contributed by atoms with Crippen LogP contribution >= 0.6 is 0 Å². The van der Waals surface area contributed by atoms with E-state index < -0.39 is 5.97 Å². The third kappa shape index (κ3) is 1.72. The molecule has 0 fully saturated rings. The second-order valence-corrected chi connectivity index (χ2v) is 5.20. The maximum atomic E-state index is 11.9. The normalized spacial score (nSPS) is 11.1. The van der Waals surface area contributed by atoms with Gasteiger partial charge in [0.2, 0.25) is 0 Å². The molecule has 0 amide bonds. The summed E-state index contributed by atoms with van der Waals surface area (Å²) in [5.41, 5.74) is 3.75. The number of benzene rings is 2. The number of aromatic carboxylic acids is 1. The largest absolute Gasteiger partial charge is 0.478 e. The lowest BCUT2D eigenvalue weighted by Gasteiger charge is -2.14. The van der Waals surface area contributed by atoms with Crippen molar-refractivity contribution in [3.8, 4) is 11.1 Å². The van der Waals surface area contributed by atoms with Gasteiger partial charge in [-0.3, -0.25) is 0 Å². The summed E-state index contributed by atoms with van der Waals surface area (Å²) in [5.74, 6) is -0.909. The number of rotatable bonds is 2. The Hall–Kier alpha value is -3.07. The lowest BCUT2D eigenvalue weighted by molar-refractivity contribution is 0.0699. The van der Waals surface area contributed by atoms with Gasteiger partial charge in [-0.15, -0.1) is 0 Å². The minimum absolute atomic E-state index is 0.343. The van der Waals surface area contributed by atoms with Crippen molar-refractivity contribution in [1.29, 1.82) is 0 Å². The zero-order valence-corrected chi connectivity index (χ0v) is 11.7. The van der Waals surface area contributed by atoms with Crippen molar-refractivity contribution in [3.63, 3.8) is 0 Å². The number of carbonyl (C=O) groups is 1. The van der Waals surface area contributed by atoms with Gasteiger partial charge in [0.25, 0.3) is 0 Å². The van der Waals surface area contributed by atoms with Crippen molar-refractivity contribution >= 4 is 22.4 Å². The van der Waals surface area contributed by atoms with Crippen LogP contribution in [-0.4, -0.2) is 15.5 Å². The molecule has 3 heteroatoms. The Balaban J connectivity index is 2.29. The monoisotopic (exact) mass is 287 g/mol. The summed E-state index contributed by atoms with van der Waals surface area (Å²) in [7, 11) is 0. The predicted octanol–water partition coefficient (Wildman–Crippen LogP) is 4.46. The maximum Gasteiger partial charge on any atom is 0.338 e. The van der Waals surface area contributed by atoms with Crippen molar-refractivity contribution in [2.75, 3.05) is 0 Å². The molecule has 4 aromatic rings. The van der Waals surface area contributed by atoms with Crippen LogP contribution in [0.4, 0.5) is 0 Å². The van der Waals surface area contributed by atoms with Gasteiger partial charge < -0.3 is 9.51 Å². The molecule has 2 aromatic carbocycles. The number of fused-ring (bicyclic) bond motifs is 3.